The molecular weight excluding hydrogens is 375 g/mol. The van der Waals surface area contributed by atoms with Crippen LogP contribution >= 0.6 is 18.9 Å². The minimum atomic E-state index is -3.35. The van der Waals surface area contributed by atoms with Crippen molar-refractivity contribution in [3.63, 3.8) is 0 Å². The molecule has 2 aromatic rings. The van der Waals surface area contributed by atoms with E-state index < -0.39 is 7.60 Å². The Kier molecular flexibility index (Phi) is 10.2. The van der Waals surface area contributed by atoms with Gasteiger partial charge in [-0.05, 0) is 42.3 Å². The van der Waals surface area contributed by atoms with Crippen LogP contribution < -0.4 is 9.14 Å². The number of rotatable bonds is 14. The molecule has 0 spiro atoms. The third kappa shape index (κ3) is 7.44. The van der Waals surface area contributed by atoms with Crippen molar-refractivity contribution in [1.29, 1.82) is 0 Å². The van der Waals surface area contributed by atoms with Crippen LogP contribution in [0.3, 0.4) is 0 Å². The summed E-state index contributed by atoms with van der Waals surface area (Å²) in [7, 11) is -3.35. The number of thiophene rings is 1. The number of hydrogen-bond acceptors (Lipinski definition) is 4. The zero-order chi connectivity index (χ0) is 19.4. The second kappa shape index (κ2) is 12.4. The van der Waals surface area contributed by atoms with Crippen molar-refractivity contribution in [1.82, 2.24) is 0 Å². The molecule has 27 heavy (non-hydrogen) atoms. The van der Waals surface area contributed by atoms with Crippen LogP contribution in [0, 0.1) is 0 Å². The Morgan fingerprint density at radius 3 is 2.33 bits per heavy atom. The van der Waals surface area contributed by atoms with E-state index in [1.165, 1.54) is 43.4 Å². The summed E-state index contributed by atoms with van der Waals surface area (Å²) in [5.41, 5.74) is 1.11. The third-order valence-corrected chi connectivity index (χ3v) is 7.83. The fourth-order valence-corrected chi connectivity index (χ4v) is 5.71. The Labute approximate surface area is 168 Å². The second-order valence-electron chi connectivity index (χ2n) is 6.85. The van der Waals surface area contributed by atoms with Crippen LogP contribution in [0.1, 0.15) is 70.8 Å². The number of unbranched alkanes of at least 4 members (excludes halogenated alkanes) is 6. The van der Waals surface area contributed by atoms with Gasteiger partial charge in [0.15, 0.2) is 0 Å². The van der Waals surface area contributed by atoms with Crippen LogP contribution in [0.2, 0.25) is 0 Å². The molecule has 1 aromatic heterocycles. The molecule has 1 atom stereocenters. The van der Waals surface area contributed by atoms with E-state index in [-0.39, 0.29) is 0 Å². The zero-order valence-electron chi connectivity index (χ0n) is 16.7. The van der Waals surface area contributed by atoms with Gasteiger partial charge in [0.1, 0.15) is 10.4 Å². The Morgan fingerprint density at radius 1 is 0.889 bits per heavy atom. The maximum atomic E-state index is 13.6. The molecule has 1 aromatic carbocycles. The molecule has 0 aliphatic rings. The number of aryl methyl sites for hydroxylation is 1. The summed E-state index contributed by atoms with van der Waals surface area (Å²) in [6.45, 7) is 4.86. The van der Waals surface area contributed by atoms with E-state index in [2.05, 4.69) is 19.9 Å². The van der Waals surface area contributed by atoms with Crippen LogP contribution in [-0.4, -0.2) is 6.61 Å². The maximum Gasteiger partial charge on any atom is 0.420 e. The molecule has 1 unspecified atom stereocenters. The molecular formula is C22H33O3PS. The standard InChI is InChI=1S/C22H33O3PS/c1-3-5-7-9-14-20-15-10-11-16-21(20)25-26(23,22-17-13-19-27-22)24-18-12-8-6-4-2/h10-11,13,15-17,19H,3-9,12,14,18H2,1-2H3. The van der Waals surface area contributed by atoms with Gasteiger partial charge in [-0.15, -0.1) is 11.3 Å². The lowest BCUT2D eigenvalue weighted by atomic mass is 10.1. The van der Waals surface area contributed by atoms with Gasteiger partial charge in [-0.3, -0.25) is 4.52 Å². The quantitative estimate of drug-likeness (QED) is 0.242. The van der Waals surface area contributed by atoms with Crippen LogP contribution in [-0.2, 0) is 15.5 Å². The SMILES string of the molecule is CCCCCCOP(=O)(Oc1ccccc1CCCCCC)c1cccs1. The highest BCUT2D eigenvalue weighted by Crippen LogP contribution is 2.49. The molecule has 150 valence electrons. The summed E-state index contributed by atoms with van der Waals surface area (Å²) < 4.78 is 26.2. The van der Waals surface area contributed by atoms with E-state index in [9.17, 15) is 4.57 Å². The fraction of sp³-hybridized carbons (Fsp3) is 0.545. The Hall–Kier alpha value is -1.09. The van der Waals surface area contributed by atoms with Crippen molar-refractivity contribution in [2.24, 2.45) is 0 Å². The summed E-state index contributed by atoms with van der Waals surface area (Å²) in [5, 5.41) is 1.92. The maximum absolute atomic E-state index is 13.6. The van der Waals surface area contributed by atoms with Gasteiger partial charge in [0.25, 0.3) is 0 Å². The molecule has 1 heterocycles. The Balaban J connectivity index is 2.08. The smallest absolute Gasteiger partial charge is 0.420 e. The van der Waals surface area contributed by atoms with Crippen molar-refractivity contribution < 1.29 is 13.6 Å². The molecule has 0 fully saturated rings. The summed E-state index contributed by atoms with van der Waals surface area (Å²) in [6.07, 6.45) is 10.1. The number of hydrogen-bond donors (Lipinski definition) is 0. The first-order valence-corrected chi connectivity index (χ1v) is 12.7. The molecule has 0 aliphatic heterocycles. The first kappa shape index (κ1) is 22.2. The predicted octanol–water partition coefficient (Wildman–Crippen LogP) is 7.37. The second-order valence-corrected chi connectivity index (χ2v) is 10.0. The summed E-state index contributed by atoms with van der Waals surface area (Å²) in [5.74, 6) is 0.694. The predicted molar refractivity (Wildman–Crippen MR) is 117 cm³/mol. The lowest BCUT2D eigenvalue weighted by molar-refractivity contribution is 0.266. The van der Waals surface area contributed by atoms with Crippen molar-refractivity contribution >= 4 is 23.6 Å². The molecule has 2 rings (SSSR count). The van der Waals surface area contributed by atoms with Crippen molar-refractivity contribution in [2.45, 2.75) is 71.6 Å². The molecule has 0 saturated carbocycles. The van der Waals surface area contributed by atoms with Gasteiger partial charge < -0.3 is 4.52 Å². The summed E-state index contributed by atoms with van der Waals surface area (Å²) in [4.78, 5) is 0. The van der Waals surface area contributed by atoms with Gasteiger partial charge in [0.2, 0.25) is 0 Å². The molecule has 0 saturated heterocycles. The average Bonchev–Trinajstić information content (AvgIpc) is 3.22. The van der Waals surface area contributed by atoms with E-state index in [0.29, 0.717) is 17.0 Å². The van der Waals surface area contributed by atoms with E-state index in [4.69, 9.17) is 9.05 Å². The van der Waals surface area contributed by atoms with Crippen molar-refractivity contribution in [3.8, 4) is 5.75 Å². The minimum absolute atomic E-state index is 0.466. The van der Waals surface area contributed by atoms with Crippen LogP contribution in [0.4, 0.5) is 0 Å². The van der Waals surface area contributed by atoms with E-state index >= 15 is 0 Å². The summed E-state index contributed by atoms with van der Waals surface area (Å²) in [6, 6.07) is 11.7. The highest BCUT2D eigenvalue weighted by Gasteiger charge is 2.31. The average molecular weight is 409 g/mol. The van der Waals surface area contributed by atoms with Crippen LogP contribution in [0.5, 0.6) is 5.75 Å². The van der Waals surface area contributed by atoms with Gasteiger partial charge in [-0.25, -0.2) is 4.57 Å². The number of para-hydroxylation sites is 1. The monoisotopic (exact) mass is 408 g/mol. The van der Waals surface area contributed by atoms with E-state index in [1.807, 2.05) is 35.7 Å². The van der Waals surface area contributed by atoms with Crippen molar-refractivity contribution in [2.75, 3.05) is 6.61 Å². The van der Waals surface area contributed by atoms with E-state index in [1.54, 1.807) is 0 Å². The zero-order valence-corrected chi connectivity index (χ0v) is 18.4. The number of benzene rings is 1. The Bertz CT molecular complexity index is 685. The normalized spacial score (nSPS) is 13.4. The lowest BCUT2D eigenvalue weighted by Crippen LogP contribution is -2.11. The molecule has 3 nitrogen and oxygen atoms in total. The fourth-order valence-electron chi connectivity index (χ4n) is 2.95. The summed E-state index contributed by atoms with van der Waals surface area (Å²) >= 11 is 1.43. The lowest BCUT2D eigenvalue weighted by Gasteiger charge is -2.20. The van der Waals surface area contributed by atoms with Crippen LogP contribution in [0.25, 0.3) is 0 Å². The first-order chi connectivity index (χ1) is 13.2. The van der Waals surface area contributed by atoms with Gasteiger partial charge in [-0.1, -0.05) is 76.6 Å². The molecule has 0 amide bonds. The van der Waals surface area contributed by atoms with Crippen LogP contribution in [0.15, 0.2) is 41.8 Å². The molecule has 0 bridgehead atoms. The van der Waals surface area contributed by atoms with Gasteiger partial charge >= 0.3 is 7.60 Å². The topological polar surface area (TPSA) is 35.5 Å². The third-order valence-electron chi connectivity index (χ3n) is 4.53. The first-order valence-electron chi connectivity index (χ1n) is 10.3. The minimum Gasteiger partial charge on any atom is -0.420 e. The van der Waals surface area contributed by atoms with Gasteiger partial charge in [0.05, 0.1) is 6.61 Å². The van der Waals surface area contributed by atoms with Gasteiger partial charge in [-0.2, -0.15) is 0 Å². The highest BCUT2D eigenvalue weighted by molar-refractivity contribution is 7.69. The van der Waals surface area contributed by atoms with E-state index in [0.717, 1.165) is 31.2 Å². The molecule has 0 radical (unpaired) electrons. The van der Waals surface area contributed by atoms with Crippen molar-refractivity contribution in [3.05, 3.63) is 47.3 Å². The highest BCUT2D eigenvalue weighted by atomic mass is 32.1. The van der Waals surface area contributed by atoms with Gasteiger partial charge in [0, 0.05) is 0 Å². The molecule has 0 N–H and O–H groups in total. The molecule has 5 heteroatoms. The molecule has 0 aliphatic carbocycles. The Morgan fingerprint density at radius 2 is 1.63 bits per heavy atom. The largest absolute Gasteiger partial charge is 0.420 e.